The van der Waals surface area contributed by atoms with E-state index in [1.165, 1.54) is 12.1 Å². The van der Waals surface area contributed by atoms with Gasteiger partial charge in [0.1, 0.15) is 0 Å². The van der Waals surface area contributed by atoms with E-state index in [2.05, 4.69) is 32.8 Å². The molecule has 0 radical (unpaired) electrons. The maximum Gasteiger partial charge on any atom is 0.294 e. The summed E-state index contributed by atoms with van der Waals surface area (Å²) in [6.45, 7) is 1.84. The SMILES string of the molecule is Cc1ccc(S(=O)(=O)O)cc1.N/C(=N\N=C\c1ccccc1I)NO. The highest BCUT2D eigenvalue weighted by atomic mass is 127. The van der Waals surface area contributed by atoms with Gasteiger partial charge < -0.3 is 5.73 Å². The summed E-state index contributed by atoms with van der Waals surface area (Å²) < 4.78 is 30.6. The van der Waals surface area contributed by atoms with Crippen LogP contribution in [0.1, 0.15) is 11.1 Å². The number of rotatable bonds is 3. The third-order valence-corrected chi connectivity index (χ3v) is 4.55. The number of hydroxylamine groups is 1. The number of hydrogen-bond donors (Lipinski definition) is 4. The van der Waals surface area contributed by atoms with Crippen LogP contribution in [0.15, 0.2) is 63.6 Å². The molecule has 8 nitrogen and oxygen atoms in total. The van der Waals surface area contributed by atoms with Crippen molar-refractivity contribution in [3.05, 3.63) is 63.2 Å². The molecule has 0 atom stereocenters. The predicted molar refractivity (Wildman–Crippen MR) is 104 cm³/mol. The van der Waals surface area contributed by atoms with Crippen LogP contribution in [0.3, 0.4) is 0 Å². The molecular formula is C15H17IN4O4S. The van der Waals surface area contributed by atoms with Crippen molar-refractivity contribution in [1.82, 2.24) is 5.48 Å². The van der Waals surface area contributed by atoms with Crippen LogP contribution < -0.4 is 11.2 Å². The van der Waals surface area contributed by atoms with Gasteiger partial charge in [-0.3, -0.25) is 9.76 Å². The summed E-state index contributed by atoms with van der Waals surface area (Å²) in [6.07, 6.45) is 1.56. The van der Waals surface area contributed by atoms with E-state index in [1.807, 2.05) is 31.2 Å². The molecule has 0 fully saturated rings. The number of aryl methyl sites for hydroxylation is 1. The van der Waals surface area contributed by atoms with Crippen molar-refractivity contribution in [2.45, 2.75) is 11.8 Å². The topological polar surface area (TPSA) is 137 Å². The summed E-state index contributed by atoms with van der Waals surface area (Å²) in [5, 5.41) is 15.5. The monoisotopic (exact) mass is 476 g/mol. The highest BCUT2D eigenvalue weighted by Crippen LogP contribution is 2.09. The third-order valence-electron chi connectivity index (χ3n) is 2.70. The molecule has 2 aromatic rings. The summed E-state index contributed by atoms with van der Waals surface area (Å²) in [6, 6.07) is 13.7. The Labute approximate surface area is 159 Å². The lowest BCUT2D eigenvalue weighted by Gasteiger charge is -1.95. The zero-order valence-corrected chi connectivity index (χ0v) is 16.1. The number of benzene rings is 2. The molecule has 2 aromatic carbocycles. The summed E-state index contributed by atoms with van der Waals surface area (Å²) in [7, 11) is -4.02. The van der Waals surface area contributed by atoms with Crippen LogP contribution in [0.2, 0.25) is 0 Å². The summed E-state index contributed by atoms with van der Waals surface area (Å²) in [5.41, 5.74) is 8.73. The molecule has 0 saturated carbocycles. The highest BCUT2D eigenvalue weighted by molar-refractivity contribution is 14.1. The van der Waals surface area contributed by atoms with E-state index in [-0.39, 0.29) is 10.9 Å². The molecule has 0 amide bonds. The maximum atomic E-state index is 10.5. The normalized spacial score (nSPS) is 11.8. The average Bonchev–Trinajstić information content (AvgIpc) is 2.56. The molecule has 0 aliphatic carbocycles. The Bertz CT molecular complexity index is 852. The number of nitrogens with one attached hydrogen (secondary N) is 1. The molecule has 25 heavy (non-hydrogen) atoms. The van der Waals surface area contributed by atoms with Crippen LogP contribution in [0.25, 0.3) is 0 Å². The Morgan fingerprint density at radius 2 is 1.80 bits per heavy atom. The van der Waals surface area contributed by atoms with E-state index in [0.29, 0.717) is 0 Å². The highest BCUT2D eigenvalue weighted by Gasteiger charge is 2.06. The summed E-state index contributed by atoms with van der Waals surface area (Å²) in [4.78, 5) is -0.0666. The standard InChI is InChI=1S/C8H9IN4O.C7H8O3S/c9-7-4-2-1-3-6(7)5-11-12-8(10)13-14;1-6-2-4-7(5-3-6)11(8,9)10/h1-5,14H,(H3,10,12,13);2-5H,1H3,(H,8,9,10)/b11-5+;. The zero-order chi connectivity index (χ0) is 18.9. The molecule has 10 heteroatoms. The van der Waals surface area contributed by atoms with Gasteiger partial charge >= 0.3 is 0 Å². The average molecular weight is 476 g/mol. The van der Waals surface area contributed by atoms with Gasteiger partial charge in [-0.05, 0) is 47.7 Å². The number of hydrogen-bond acceptors (Lipinski definition) is 5. The van der Waals surface area contributed by atoms with E-state index in [9.17, 15) is 8.42 Å². The molecule has 0 heterocycles. The third kappa shape index (κ3) is 8.07. The lowest BCUT2D eigenvalue weighted by molar-refractivity contribution is 0.232. The Morgan fingerprint density at radius 1 is 1.20 bits per heavy atom. The minimum absolute atomic E-state index is 0.0666. The predicted octanol–water partition coefficient (Wildman–Crippen LogP) is 2.16. The van der Waals surface area contributed by atoms with Crippen LogP contribution >= 0.6 is 22.6 Å². The van der Waals surface area contributed by atoms with Gasteiger partial charge in [-0.15, -0.1) is 5.10 Å². The van der Waals surface area contributed by atoms with E-state index < -0.39 is 10.1 Å². The molecule has 134 valence electrons. The Morgan fingerprint density at radius 3 is 2.32 bits per heavy atom. The Kier molecular flexibility index (Phi) is 8.48. The van der Waals surface area contributed by atoms with Crippen molar-refractivity contribution in [2.24, 2.45) is 15.9 Å². The molecule has 0 saturated heterocycles. The van der Waals surface area contributed by atoms with Gasteiger partial charge in [-0.1, -0.05) is 35.9 Å². The van der Waals surface area contributed by atoms with Gasteiger partial charge in [-0.2, -0.15) is 13.5 Å². The first kappa shape index (κ1) is 21.0. The first-order valence-electron chi connectivity index (χ1n) is 6.79. The number of halogens is 1. The minimum Gasteiger partial charge on any atom is -0.367 e. The van der Waals surface area contributed by atoms with Gasteiger partial charge in [0, 0.05) is 9.13 Å². The second-order valence-electron chi connectivity index (χ2n) is 4.65. The molecule has 0 aliphatic heterocycles. The van der Waals surface area contributed by atoms with Gasteiger partial charge in [0.15, 0.2) is 0 Å². The molecule has 0 aromatic heterocycles. The largest absolute Gasteiger partial charge is 0.367 e. The Hall–Kier alpha value is -2.02. The number of nitrogens with two attached hydrogens (primary N) is 1. The van der Waals surface area contributed by atoms with E-state index in [0.717, 1.165) is 14.7 Å². The van der Waals surface area contributed by atoms with Gasteiger partial charge in [0.25, 0.3) is 10.1 Å². The van der Waals surface area contributed by atoms with Crippen molar-refractivity contribution >= 4 is 44.9 Å². The molecule has 0 unspecified atom stereocenters. The van der Waals surface area contributed by atoms with E-state index in [1.54, 1.807) is 23.8 Å². The molecule has 0 aliphatic rings. The van der Waals surface area contributed by atoms with Crippen LogP contribution in [-0.2, 0) is 10.1 Å². The molecule has 0 spiro atoms. The van der Waals surface area contributed by atoms with Crippen molar-refractivity contribution in [2.75, 3.05) is 0 Å². The molecule has 2 rings (SSSR count). The smallest absolute Gasteiger partial charge is 0.294 e. The van der Waals surface area contributed by atoms with Crippen LogP contribution in [0.5, 0.6) is 0 Å². The van der Waals surface area contributed by atoms with Crippen molar-refractivity contribution < 1.29 is 18.2 Å². The lowest BCUT2D eigenvalue weighted by atomic mass is 10.2. The Balaban J connectivity index is 0.000000257. The van der Waals surface area contributed by atoms with Gasteiger partial charge in [0.05, 0.1) is 11.1 Å². The van der Waals surface area contributed by atoms with Crippen LogP contribution in [0.4, 0.5) is 0 Å². The lowest BCUT2D eigenvalue weighted by Crippen LogP contribution is -2.27. The quantitative estimate of drug-likeness (QED) is 0.176. The van der Waals surface area contributed by atoms with Crippen molar-refractivity contribution in [3.63, 3.8) is 0 Å². The van der Waals surface area contributed by atoms with E-state index >= 15 is 0 Å². The van der Waals surface area contributed by atoms with E-state index in [4.69, 9.17) is 15.5 Å². The number of nitrogens with zero attached hydrogens (tertiary/aromatic N) is 2. The fraction of sp³-hybridized carbons (Fsp3) is 0.0667. The maximum absolute atomic E-state index is 10.5. The van der Waals surface area contributed by atoms with Gasteiger partial charge in [0.2, 0.25) is 5.96 Å². The minimum atomic E-state index is -4.02. The molecule has 5 N–H and O–H groups in total. The second kappa shape index (κ2) is 10.1. The first-order chi connectivity index (χ1) is 11.7. The first-order valence-corrected chi connectivity index (χ1v) is 9.31. The molecule has 0 bridgehead atoms. The van der Waals surface area contributed by atoms with Crippen molar-refractivity contribution in [3.8, 4) is 0 Å². The summed E-state index contributed by atoms with van der Waals surface area (Å²) >= 11 is 2.19. The fourth-order valence-electron chi connectivity index (χ4n) is 1.47. The molecular weight excluding hydrogens is 459 g/mol. The van der Waals surface area contributed by atoms with Crippen LogP contribution in [0, 0.1) is 10.5 Å². The van der Waals surface area contributed by atoms with Gasteiger partial charge in [-0.25, -0.2) is 5.48 Å². The second-order valence-corrected chi connectivity index (χ2v) is 7.23. The summed E-state index contributed by atoms with van der Waals surface area (Å²) in [5.74, 6) is -0.146. The van der Waals surface area contributed by atoms with Crippen LogP contribution in [-0.4, -0.2) is 30.4 Å². The van der Waals surface area contributed by atoms with Crippen molar-refractivity contribution in [1.29, 1.82) is 0 Å². The fourth-order valence-corrected chi connectivity index (χ4v) is 2.47. The number of guanidine groups is 1. The zero-order valence-electron chi connectivity index (χ0n) is 13.2.